The van der Waals surface area contributed by atoms with E-state index in [1.807, 2.05) is 14.0 Å². The minimum Gasteiger partial charge on any atom is -0.303 e. The third kappa shape index (κ3) is 2.63. The molecule has 0 amide bonds. The largest absolute Gasteiger partial charge is 0.303 e. The zero-order chi connectivity index (χ0) is 10.1. The molecular weight excluding hydrogens is 172 g/mol. The van der Waals surface area contributed by atoms with E-state index in [0.717, 1.165) is 6.54 Å². The van der Waals surface area contributed by atoms with Crippen LogP contribution in [0, 0.1) is 5.92 Å². The molecule has 0 spiro atoms. The molecule has 0 aromatic heterocycles. The van der Waals surface area contributed by atoms with Crippen LogP contribution in [0.25, 0.3) is 0 Å². The Morgan fingerprint density at radius 3 is 2.54 bits per heavy atom. The molecule has 78 valence electrons. The van der Waals surface area contributed by atoms with Gasteiger partial charge in [-0.05, 0) is 25.9 Å². The summed E-state index contributed by atoms with van der Waals surface area (Å²) < 4.78 is 26.0. The number of halogens is 2. The van der Waals surface area contributed by atoms with E-state index in [0.29, 0.717) is 12.5 Å². The van der Waals surface area contributed by atoms with Crippen molar-refractivity contribution < 1.29 is 8.78 Å². The summed E-state index contributed by atoms with van der Waals surface area (Å²) in [5.41, 5.74) is 0. The van der Waals surface area contributed by atoms with E-state index in [2.05, 4.69) is 11.8 Å². The summed E-state index contributed by atoms with van der Waals surface area (Å²) in [6, 6.07) is 0.352. The van der Waals surface area contributed by atoms with E-state index in [9.17, 15) is 8.78 Å². The van der Waals surface area contributed by atoms with Crippen LogP contribution in [-0.4, -0.2) is 30.5 Å². The summed E-state index contributed by atoms with van der Waals surface area (Å²) >= 11 is 0. The van der Waals surface area contributed by atoms with Gasteiger partial charge in [-0.15, -0.1) is 0 Å². The summed E-state index contributed by atoms with van der Waals surface area (Å²) in [6.45, 7) is 4.95. The second-order valence-electron chi connectivity index (χ2n) is 4.22. The summed E-state index contributed by atoms with van der Waals surface area (Å²) in [7, 11) is 2.02. The van der Waals surface area contributed by atoms with E-state index in [-0.39, 0.29) is 18.8 Å². The predicted molar refractivity (Wildman–Crippen MR) is 50.1 cm³/mol. The second kappa shape index (κ2) is 3.91. The van der Waals surface area contributed by atoms with Gasteiger partial charge < -0.3 is 4.90 Å². The van der Waals surface area contributed by atoms with Crippen LogP contribution in [0.3, 0.4) is 0 Å². The molecule has 2 atom stereocenters. The molecule has 13 heavy (non-hydrogen) atoms. The van der Waals surface area contributed by atoms with Gasteiger partial charge in [-0.2, -0.15) is 0 Å². The van der Waals surface area contributed by atoms with Crippen molar-refractivity contribution in [2.24, 2.45) is 5.92 Å². The molecule has 1 rings (SSSR count). The van der Waals surface area contributed by atoms with Crippen LogP contribution in [0.2, 0.25) is 0 Å². The van der Waals surface area contributed by atoms with Crippen molar-refractivity contribution in [3.05, 3.63) is 0 Å². The number of hydrogen-bond donors (Lipinski definition) is 0. The Balaban J connectivity index is 2.53. The highest BCUT2D eigenvalue weighted by molar-refractivity contribution is 4.86. The Morgan fingerprint density at radius 1 is 1.46 bits per heavy atom. The maximum Gasteiger partial charge on any atom is 0.248 e. The van der Waals surface area contributed by atoms with E-state index < -0.39 is 5.92 Å². The maximum absolute atomic E-state index is 13.0. The van der Waals surface area contributed by atoms with E-state index >= 15 is 0 Å². The lowest BCUT2D eigenvalue weighted by atomic mass is 9.83. The molecule has 1 fully saturated rings. The van der Waals surface area contributed by atoms with Crippen LogP contribution < -0.4 is 0 Å². The molecule has 0 aromatic carbocycles. The topological polar surface area (TPSA) is 3.24 Å². The molecule has 0 aromatic rings. The molecule has 1 nitrogen and oxygen atoms in total. The van der Waals surface area contributed by atoms with Crippen molar-refractivity contribution in [1.82, 2.24) is 4.90 Å². The van der Waals surface area contributed by atoms with Gasteiger partial charge >= 0.3 is 0 Å². The molecule has 0 radical (unpaired) electrons. The van der Waals surface area contributed by atoms with Crippen LogP contribution in [-0.2, 0) is 0 Å². The van der Waals surface area contributed by atoms with Gasteiger partial charge in [0.25, 0.3) is 0 Å². The first-order valence-electron chi connectivity index (χ1n) is 5.04. The summed E-state index contributed by atoms with van der Waals surface area (Å²) in [5, 5.41) is 0. The molecule has 0 N–H and O–H groups in total. The van der Waals surface area contributed by atoms with E-state index in [1.54, 1.807) is 0 Å². The molecule has 1 unspecified atom stereocenters. The van der Waals surface area contributed by atoms with Gasteiger partial charge in [0.05, 0.1) is 0 Å². The monoisotopic (exact) mass is 191 g/mol. The van der Waals surface area contributed by atoms with Crippen molar-refractivity contribution in [2.75, 3.05) is 13.6 Å². The number of alkyl halides is 2. The van der Waals surface area contributed by atoms with Gasteiger partial charge in [0.15, 0.2) is 0 Å². The molecular formula is C10H19F2N. The predicted octanol–water partition coefficient (Wildman–Crippen LogP) is 2.76. The van der Waals surface area contributed by atoms with Crippen LogP contribution >= 0.6 is 0 Å². The van der Waals surface area contributed by atoms with E-state index in [1.165, 1.54) is 0 Å². The lowest BCUT2D eigenvalue weighted by Crippen LogP contribution is -2.43. The Labute approximate surface area is 79.1 Å². The summed E-state index contributed by atoms with van der Waals surface area (Å²) in [5.74, 6) is -2.29. The second-order valence-corrected chi connectivity index (χ2v) is 4.22. The average molecular weight is 191 g/mol. The standard InChI is InChI=1S/C10H19F2N/c1-4-13(3)9-5-6-10(11,12)7-8(9)2/h8-9H,4-7H2,1-3H3/t8-,9?/m0/s1. The fourth-order valence-electron chi connectivity index (χ4n) is 2.24. The third-order valence-electron chi connectivity index (χ3n) is 3.15. The Kier molecular flexibility index (Phi) is 3.28. The molecule has 1 saturated carbocycles. The van der Waals surface area contributed by atoms with Crippen molar-refractivity contribution in [3.8, 4) is 0 Å². The SMILES string of the molecule is CCN(C)C1CCC(F)(F)C[C@@H]1C. The number of rotatable bonds is 2. The fourth-order valence-corrected chi connectivity index (χ4v) is 2.24. The fraction of sp³-hybridized carbons (Fsp3) is 1.00. The van der Waals surface area contributed by atoms with Crippen LogP contribution in [0.5, 0.6) is 0 Å². The van der Waals surface area contributed by atoms with Crippen molar-refractivity contribution in [2.45, 2.75) is 45.1 Å². The average Bonchev–Trinajstić information content (AvgIpc) is 2.01. The maximum atomic E-state index is 13.0. The lowest BCUT2D eigenvalue weighted by Gasteiger charge is -2.38. The Hall–Kier alpha value is -0.180. The van der Waals surface area contributed by atoms with Crippen molar-refractivity contribution in [1.29, 1.82) is 0 Å². The first-order chi connectivity index (χ1) is 5.96. The minimum atomic E-state index is -2.41. The van der Waals surface area contributed by atoms with Crippen LogP contribution in [0.1, 0.15) is 33.1 Å². The van der Waals surface area contributed by atoms with E-state index in [4.69, 9.17) is 0 Å². The molecule has 0 heterocycles. The number of hydrogen-bond acceptors (Lipinski definition) is 1. The quantitative estimate of drug-likeness (QED) is 0.648. The van der Waals surface area contributed by atoms with Crippen molar-refractivity contribution in [3.63, 3.8) is 0 Å². The zero-order valence-corrected chi connectivity index (χ0v) is 8.69. The molecule has 3 heteroatoms. The molecule has 0 aliphatic heterocycles. The highest BCUT2D eigenvalue weighted by Gasteiger charge is 2.40. The molecule has 1 aliphatic carbocycles. The van der Waals surface area contributed by atoms with Gasteiger partial charge in [0.1, 0.15) is 0 Å². The van der Waals surface area contributed by atoms with Gasteiger partial charge in [0.2, 0.25) is 5.92 Å². The normalized spacial score (nSPS) is 33.7. The van der Waals surface area contributed by atoms with Crippen molar-refractivity contribution >= 4 is 0 Å². The van der Waals surface area contributed by atoms with Crippen LogP contribution in [0.4, 0.5) is 8.78 Å². The van der Waals surface area contributed by atoms with Gasteiger partial charge in [0, 0.05) is 18.9 Å². The lowest BCUT2D eigenvalue weighted by molar-refractivity contribution is -0.0718. The highest BCUT2D eigenvalue weighted by Crippen LogP contribution is 2.38. The molecule has 0 saturated heterocycles. The summed E-state index contributed by atoms with van der Waals surface area (Å²) in [4.78, 5) is 2.18. The highest BCUT2D eigenvalue weighted by atomic mass is 19.3. The Bertz CT molecular complexity index is 170. The first-order valence-corrected chi connectivity index (χ1v) is 5.04. The zero-order valence-electron chi connectivity index (χ0n) is 8.69. The third-order valence-corrected chi connectivity index (χ3v) is 3.15. The van der Waals surface area contributed by atoms with Gasteiger partial charge in [-0.25, -0.2) is 8.78 Å². The first kappa shape index (κ1) is 10.9. The van der Waals surface area contributed by atoms with Gasteiger partial charge in [-0.1, -0.05) is 13.8 Å². The summed E-state index contributed by atoms with van der Waals surface area (Å²) in [6.07, 6.45) is 0.757. The number of nitrogens with zero attached hydrogens (tertiary/aromatic N) is 1. The smallest absolute Gasteiger partial charge is 0.248 e. The minimum absolute atomic E-state index is 0.0575. The van der Waals surface area contributed by atoms with Crippen LogP contribution in [0.15, 0.2) is 0 Å². The molecule has 0 bridgehead atoms. The molecule has 1 aliphatic rings. The van der Waals surface area contributed by atoms with Gasteiger partial charge in [-0.3, -0.25) is 0 Å². The Morgan fingerprint density at radius 2 is 2.08 bits per heavy atom.